The van der Waals surface area contributed by atoms with Crippen LogP contribution in [0.2, 0.25) is 0 Å². The molecule has 0 atom stereocenters. The molecular weight excluding hydrogens is 370 g/mol. The van der Waals surface area contributed by atoms with Gasteiger partial charge in [0.15, 0.2) is 11.5 Å². The van der Waals surface area contributed by atoms with Crippen LogP contribution in [0.25, 0.3) is 0 Å². The van der Waals surface area contributed by atoms with Crippen molar-refractivity contribution in [2.24, 2.45) is 0 Å². The number of nitrogens with one attached hydrogen (secondary N) is 1. The zero-order chi connectivity index (χ0) is 20.4. The van der Waals surface area contributed by atoms with Gasteiger partial charge in [0.05, 0.1) is 0 Å². The quantitative estimate of drug-likeness (QED) is 0.808. The Morgan fingerprint density at radius 3 is 2.48 bits per heavy atom. The molecule has 0 unspecified atom stereocenters. The van der Waals surface area contributed by atoms with Crippen molar-refractivity contribution in [3.05, 3.63) is 53.1 Å². The van der Waals surface area contributed by atoms with Crippen molar-refractivity contribution in [1.82, 2.24) is 9.80 Å². The molecule has 0 spiro atoms. The Morgan fingerprint density at radius 2 is 1.72 bits per heavy atom. The van der Waals surface area contributed by atoms with E-state index in [1.54, 1.807) is 4.90 Å². The van der Waals surface area contributed by atoms with Crippen LogP contribution in [0.3, 0.4) is 0 Å². The van der Waals surface area contributed by atoms with Gasteiger partial charge in [0, 0.05) is 38.4 Å². The summed E-state index contributed by atoms with van der Waals surface area (Å²) in [6.07, 6.45) is 0. The summed E-state index contributed by atoms with van der Waals surface area (Å²) in [6.45, 7) is 7.45. The Labute approximate surface area is 170 Å². The van der Waals surface area contributed by atoms with E-state index < -0.39 is 11.8 Å². The van der Waals surface area contributed by atoms with Gasteiger partial charge in [-0.3, -0.25) is 14.5 Å². The number of rotatable bonds is 3. The maximum absolute atomic E-state index is 12.5. The van der Waals surface area contributed by atoms with Gasteiger partial charge in [-0.2, -0.15) is 0 Å². The van der Waals surface area contributed by atoms with Gasteiger partial charge < -0.3 is 19.7 Å². The van der Waals surface area contributed by atoms with Crippen molar-refractivity contribution in [2.45, 2.75) is 20.4 Å². The maximum atomic E-state index is 12.5. The number of hydrogen-bond donors (Lipinski definition) is 1. The zero-order valence-electron chi connectivity index (χ0n) is 16.7. The molecule has 1 saturated heterocycles. The molecule has 2 amide bonds. The molecule has 7 nitrogen and oxygen atoms in total. The molecule has 1 N–H and O–H groups in total. The van der Waals surface area contributed by atoms with Gasteiger partial charge in [0.2, 0.25) is 6.79 Å². The maximum Gasteiger partial charge on any atom is 0.313 e. The lowest BCUT2D eigenvalue weighted by atomic mass is 10.1. The number of anilines is 1. The van der Waals surface area contributed by atoms with E-state index >= 15 is 0 Å². The highest BCUT2D eigenvalue weighted by atomic mass is 16.7. The Balaban J connectivity index is 1.29. The second-order valence-electron chi connectivity index (χ2n) is 7.53. The molecule has 2 aliphatic rings. The lowest BCUT2D eigenvalue weighted by Crippen LogP contribution is -2.51. The third-order valence-corrected chi connectivity index (χ3v) is 5.33. The van der Waals surface area contributed by atoms with E-state index in [0.29, 0.717) is 18.8 Å². The number of nitrogens with zero attached hydrogens (tertiary/aromatic N) is 2. The van der Waals surface area contributed by atoms with Crippen molar-refractivity contribution < 1.29 is 19.1 Å². The van der Waals surface area contributed by atoms with E-state index in [9.17, 15) is 9.59 Å². The molecule has 2 aromatic rings. The summed E-state index contributed by atoms with van der Waals surface area (Å²) in [4.78, 5) is 28.8. The predicted octanol–water partition coefficient (Wildman–Crippen LogP) is 2.32. The van der Waals surface area contributed by atoms with Crippen LogP contribution in [0.1, 0.15) is 16.7 Å². The monoisotopic (exact) mass is 395 g/mol. The summed E-state index contributed by atoms with van der Waals surface area (Å²) in [6, 6.07) is 11.7. The summed E-state index contributed by atoms with van der Waals surface area (Å²) in [5.74, 6) is 0.493. The molecule has 2 heterocycles. The summed E-state index contributed by atoms with van der Waals surface area (Å²) < 4.78 is 10.8. The molecule has 1 fully saturated rings. The molecular formula is C22H25N3O4. The first-order valence-corrected chi connectivity index (χ1v) is 9.78. The molecule has 29 heavy (non-hydrogen) atoms. The topological polar surface area (TPSA) is 71.1 Å². The van der Waals surface area contributed by atoms with Crippen LogP contribution in [-0.2, 0) is 16.1 Å². The van der Waals surface area contributed by atoms with Crippen molar-refractivity contribution >= 4 is 17.5 Å². The first-order chi connectivity index (χ1) is 14.0. The molecule has 4 rings (SSSR count). The van der Waals surface area contributed by atoms with Gasteiger partial charge in [-0.25, -0.2) is 0 Å². The van der Waals surface area contributed by atoms with Crippen LogP contribution in [0.5, 0.6) is 11.5 Å². The number of carbonyl (C=O) groups is 2. The third-order valence-electron chi connectivity index (χ3n) is 5.33. The number of ether oxygens (including phenoxy) is 2. The number of fused-ring (bicyclic) bond motifs is 1. The molecule has 0 bridgehead atoms. The summed E-state index contributed by atoms with van der Waals surface area (Å²) in [7, 11) is 0. The fourth-order valence-corrected chi connectivity index (χ4v) is 3.68. The number of piperazine rings is 1. The summed E-state index contributed by atoms with van der Waals surface area (Å²) >= 11 is 0. The van der Waals surface area contributed by atoms with Crippen LogP contribution in [0.15, 0.2) is 36.4 Å². The Hall–Kier alpha value is -3.06. The summed E-state index contributed by atoms with van der Waals surface area (Å²) in [5, 5.41) is 2.74. The van der Waals surface area contributed by atoms with E-state index in [1.165, 1.54) is 0 Å². The number of carbonyl (C=O) groups excluding carboxylic acids is 2. The fourth-order valence-electron chi connectivity index (χ4n) is 3.68. The van der Waals surface area contributed by atoms with E-state index in [0.717, 1.165) is 47.8 Å². The van der Waals surface area contributed by atoms with Gasteiger partial charge in [-0.15, -0.1) is 0 Å². The smallest absolute Gasteiger partial charge is 0.313 e. The van der Waals surface area contributed by atoms with E-state index in [4.69, 9.17) is 9.47 Å². The SMILES string of the molecule is Cc1ccc(NC(=O)C(=O)N2CCN(Cc3ccc4c(c3)OCO4)CC2)c(C)c1. The zero-order valence-corrected chi connectivity index (χ0v) is 16.7. The molecule has 0 radical (unpaired) electrons. The van der Waals surface area contributed by atoms with Crippen molar-refractivity contribution in [3.63, 3.8) is 0 Å². The van der Waals surface area contributed by atoms with Crippen LogP contribution in [0.4, 0.5) is 5.69 Å². The van der Waals surface area contributed by atoms with E-state index in [1.807, 2.05) is 50.2 Å². The second-order valence-corrected chi connectivity index (χ2v) is 7.53. The number of aryl methyl sites for hydroxylation is 2. The lowest BCUT2D eigenvalue weighted by Gasteiger charge is -2.34. The van der Waals surface area contributed by atoms with Crippen LogP contribution in [-0.4, -0.2) is 54.6 Å². The standard InChI is InChI=1S/C22H25N3O4/c1-15-3-5-18(16(2)11-15)23-21(26)22(27)25-9-7-24(8-10-25)13-17-4-6-19-20(12-17)29-14-28-19/h3-6,11-12H,7-10,13-14H2,1-2H3,(H,23,26). The normalized spacial score (nSPS) is 16.0. The number of amides is 2. The number of benzene rings is 2. The first-order valence-electron chi connectivity index (χ1n) is 9.78. The highest BCUT2D eigenvalue weighted by molar-refractivity contribution is 6.39. The molecule has 0 aromatic heterocycles. The first kappa shape index (κ1) is 19.3. The van der Waals surface area contributed by atoms with Gasteiger partial charge in [-0.05, 0) is 43.2 Å². The lowest BCUT2D eigenvalue weighted by molar-refractivity contribution is -0.144. The molecule has 0 saturated carbocycles. The third kappa shape index (κ3) is 4.35. The van der Waals surface area contributed by atoms with E-state index in [2.05, 4.69) is 10.2 Å². The average Bonchev–Trinajstić information content (AvgIpc) is 3.18. The molecule has 152 valence electrons. The Morgan fingerprint density at radius 1 is 0.966 bits per heavy atom. The van der Waals surface area contributed by atoms with Crippen LogP contribution < -0.4 is 14.8 Å². The van der Waals surface area contributed by atoms with Crippen LogP contribution in [0, 0.1) is 13.8 Å². The molecule has 0 aliphatic carbocycles. The second kappa shape index (κ2) is 8.13. The Kier molecular flexibility index (Phi) is 5.40. The number of hydrogen-bond acceptors (Lipinski definition) is 5. The average molecular weight is 395 g/mol. The molecule has 7 heteroatoms. The minimum atomic E-state index is -0.582. The minimum Gasteiger partial charge on any atom is -0.454 e. The highest BCUT2D eigenvalue weighted by Gasteiger charge is 2.26. The van der Waals surface area contributed by atoms with Gasteiger partial charge >= 0.3 is 11.8 Å². The fraction of sp³-hybridized carbons (Fsp3) is 0.364. The predicted molar refractivity (Wildman–Crippen MR) is 109 cm³/mol. The van der Waals surface area contributed by atoms with Gasteiger partial charge in [-0.1, -0.05) is 23.8 Å². The molecule has 2 aromatic carbocycles. The van der Waals surface area contributed by atoms with Gasteiger partial charge in [0.25, 0.3) is 0 Å². The van der Waals surface area contributed by atoms with Crippen molar-refractivity contribution in [1.29, 1.82) is 0 Å². The van der Waals surface area contributed by atoms with E-state index in [-0.39, 0.29) is 6.79 Å². The van der Waals surface area contributed by atoms with Crippen molar-refractivity contribution in [2.75, 3.05) is 38.3 Å². The van der Waals surface area contributed by atoms with Crippen LogP contribution >= 0.6 is 0 Å². The summed E-state index contributed by atoms with van der Waals surface area (Å²) in [5.41, 5.74) is 3.88. The largest absolute Gasteiger partial charge is 0.454 e. The van der Waals surface area contributed by atoms with Gasteiger partial charge in [0.1, 0.15) is 0 Å². The molecule has 2 aliphatic heterocycles. The highest BCUT2D eigenvalue weighted by Crippen LogP contribution is 2.32. The van der Waals surface area contributed by atoms with Crippen molar-refractivity contribution in [3.8, 4) is 11.5 Å². The minimum absolute atomic E-state index is 0.268. The Bertz CT molecular complexity index is 936.